The molecule has 6 nitrogen and oxygen atoms in total. The molecule has 0 saturated carbocycles. The van der Waals surface area contributed by atoms with Gasteiger partial charge in [-0.15, -0.1) is 16.8 Å². The Morgan fingerprint density at radius 2 is 1.91 bits per heavy atom. The minimum atomic E-state index is -0.303. The number of carbonyl (C=O) groups is 1. The summed E-state index contributed by atoms with van der Waals surface area (Å²) in [4.78, 5) is 12.5. The van der Waals surface area contributed by atoms with Gasteiger partial charge < -0.3 is 10.1 Å². The van der Waals surface area contributed by atoms with Crippen LogP contribution in [-0.4, -0.2) is 26.4 Å². The second-order valence-corrected chi connectivity index (χ2v) is 8.84. The molecule has 7 heteroatoms. The molecule has 3 aromatic rings. The number of hydrogen-bond acceptors (Lipinski definition) is 5. The molecule has 0 fully saturated rings. The number of thioether (sulfide) groups is 1. The van der Waals surface area contributed by atoms with Gasteiger partial charge >= 0.3 is 0 Å². The molecule has 1 heterocycles. The molecule has 32 heavy (non-hydrogen) atoms. The topological polar surface area (TPSA) is 69.0 Å². The van der Waals surface area contributed by atoms with Crippen LogP contribution in [0.5, 0.6) is 5.75 Å². The molecule has 1 unspecified atom stereocenters. The summed E-state index contributed by atoms with van der Waals surface area (Å²) in [5.41, 5.74) is 5.42. The molecule has 168 valence electrons. The van der Waals surface area contributed by atoms with Crippen LogP contribution in [0, 0.1) is 27.7 Å². The van der Waals surface area contributed by atoms with E-state index in [1.54, 1.807) is 6.08 Å². The van der Waals surface area contributed by atoms with Crippen molar-refractivity contribution in [3.63, 3.8) is 0 Å². The Kier molecular flexibility index (Phi) is 7.75. The quantitative estimate of drug-likeness (QED) is 0.341. The van der Waals surface area contributed by atoms with Crippen molar-refractivity contribution < 1.29 is 9.53 Å². The first-order valence-corrected chi connectivity index (χ1v) is 11.5. The van der Waals surface area contributed by atoms with Gasteiger partial charge in [-0.3, -0.25) is 9.36 Å². The Balaban J connectivity index is 1.68. The van der Waals surface area contributed by atoms with E-state index in [1.807, 2.05) is 61.7 Å². The molecule has 0 bridgehead atoms. The number of carbonyl (C=O) groups excluding carboxylic acids is 1. The number of hydrogen-bond donors (Lipinski definition) is 1. The highest BCUT2D eigenvalue weighted by molar-refractivity contribution is 7.99. The second kappa shape index (κ2) is 10.5. The van der Waals surface area contributed by atoms with Crippen LogP contribution in [-0.2, 0) is 11.3 Å². The van der Waals surface area contributed by atoms with Crippen LogP contribution in [0.4, 0.5) is 5.69 Å². The van der Waals surface area contributed by atoms with Crippen LogP contribution < -0.4 is 10.1 Å². The summed E-state index contributed by atoms with van der Waals surface area (Å²) in [6, 6.07) is 12.0. The fourth-order valence-corrected chi connectivity index (χ4v) is 4.08. The van der Waals surface area contributed by atoms with Gasteiger partial charge in [0, 0.05) is 12.2 Å². The summed E-state index contributed by atoms with van der Waals surface area (Å²) in [5.74, 6) is 1.63. The molecule has 0 aliphatic heterocycles. The number of aromatic nitrogens is 3. The molecular weight excluding hydrogens is 420 g/mol. The van der Waals surface area contributed by atoms with E-state index in [0.29, 0.717) is 17.5 Å². The number of anilines is 1. The number of amides is 1. The number of nitrogens with zero attached hydrogens (tertiary/aromatic N) is 3. The number of nitrogens with one attached hydrogen (secondary N) is 1. The second-order valence-electron chi connectivity index (χ2n) is 7.90. The molecule has 1 amide bonds. The maximum Gasteiger partial charge on any atom is 0.234 e. The zero-order valence-electron chi connectivity index (χ0n) is 19.3. The molecule has 3 rings (SSSR count). The van der Waals surface area contributed by atoms with Crippen molar-refractivity contribution in [2.75, 3.05) is 11.1 Å². The molecule has 0 saturated heterocycles. The minimum absolute atomic E-state index is 0.0870. The van der Waals surface area contributed by atoms with Crippen LogP contribution in [0.2, 0.25) is 0 Å². The average molecular weight is 451 g/mol. The van der Waals surface area contributed by atoms with Gasteiger partial charge in [0.2, 0.25) is 5.91 Å². The molecule has 0 aliphatic carbocycles. The maximum absolute atomic E-state index is 12.5. The van der Waals surface area contributed by atoms with Crippen LogP contribution in [0.1, 0.15) is 41.1 Å². The number of aryl methyl sites for hydroxylation is 4. The van der Waals surface area contributed by atoms with E-state index in [-0.39, 0.29) is 17.8 Å². The highest BCUT2D eigenvalue weighted by atomic mass is 32.2. The Bertz CT molecular complexity index is 1120. The number of benzene rings is 2. The van der Waals surface area contributed by atoms with Crippen molar-refractivity contribution in [2.24, 2.45) is 0 Å². The zero-order chi connectivity index (χ0) is 23.3. The molecule has 1 N–H and O–H groups in total. The lowest BCUT2D eigenvalue weighted by molar-refractivity contribution is -0.113. The molecule has 0 aliphatic rings. The SMILES string of the molecule is C=CCn1c(SCC(=O)Nc2ccc(C)cc2C)nnc1C(C)Oc1ccc(C)c(C)c1. The Morgan fingerprint density at radius 1 is 1.12 bits per heavy atom. The van der Waals surface area contributed by atoms with Gasteiger partial charge in [0.05, 0.1) is 5.75 Å². The Hall–Kier alpha value is -3.06. The monoisotopic (exact) mass is 450 g/mol. The Morgan fingerprint density at radius 3 is 2.59 bits per heavy atom. The van der Waals surface area contributed by atoms with Crippen LogP contribution in [0.3, 0.4) is 0 Å². The molecule has 0 spiro atoms. The van der Waals surface area contributed by atoms with Gasteiger partial charge in [0.1, 0.15) is 5.75 Å². The zero-order valence-corrected chi connectivity index (χ0v) is 20.1. The third-order valence-corrected chi connectivity index (χ3v) is 6.17. The first-order chi connectivity index (χ1) is 15.3. The highest BCUT2D eigenvalue weighted by Crippen LogP contribution is 2.26. The smallest absolute Gasteiger partial charge is 0.234 e. The minimum Gasteiger partial charge on any atom is -0.483 e. The van der Waals surface area contributed by atoms with Crippen molar-refractivity contribution in [1.29, 1.82) is 0 Å². The summed E-state index contributed by atoms with van der Waals surface area (Å²) < 4.78 is 8.06. The number of rotatable bonds is 9. The highest BCUT2D eigenvalue weighted by Gasteiger charge is 2.20. The lowest BCUT2D eigenvalue weighted by Gasteiger charge is -2.16. The van der Waals surface area contributed by atoms with Gasteiger partial charge in [-0.25, -0.2) is 0 Å². The van der Waals surface area contributed by atoms with Crippen LogP contribution in [0.15, 0.2) is 54.2 Å². The van der Waals surface area contributed by atoms with E-state index in [9.17, 15) is 4.79 Å². The summed E-state index contributed by atoms with van der Waals surface area (Å²) in [6.45, 7) is 14.5. The molecule has 1 atom stereocenters. The summed E-state index contributed by atoms with van der Waals surface area (Å²) in [7, 11) is 0. The fraction of sp³-hybridized carbons (Fsp3) is 0.320. The number of ether oxygens (including phenoxy) is 1. The van der Waals surface area contributed by atoms with E-state index in [2.05, 4.69) is 35.9 Å². The van der Waals surface area contributed by atoms with Gasteiger partial charge in [0.25, 0.3) is 0 Å². The first kappa shape index (κ1) is 23.6. The predicted octanol–water partition coefficient (Wildman–Crippen LogP) is 5.57. The predicted molar refractivity (Wildman–Crippen MR) is 130 cm³/mol. The van der Waals surface area contributed by atoms with Crippen LogP contribution >= 0.6 is 11.8 Å². The van der Waals surface area contributed by atoms with Crippen LogP contribution in [0.25, 0.3) is 0 Å². The van der Waals surface area contributed by atoms with Gasteiger partial charge in [-0.2, -0.15) is 0 Å². The summed E-state index contributed by atoms with van der Waals surface area (Å²) >= 11 is 1.35. The first-order valence-electron chi connectivity index (χ1n) is 10.6. The standard InChI is InChI=1S/C25H30N4O2S/c1-7-12-29-24(20(6)31-21-10-9-17(3)18(4)14-21)27-28-25(29)32-15-23(30)26-22-11-8-16(2)13-19(22)5/h7-11,13-14,20H,1,12,15H2,2-6H3,(H,26,30). The molecule has 2 aromatic carbocycles. The normalized spacial score (nSPS) is 11.8. The van der Waals surface area contributed by atoms with Crippen molar-refractivity contribution in [1.82, 2.24) is 14.8 Å². The third kappa shape index (κ3) is 5.79. The maximum atomic E-state index is 12.5. The van der Waals surface area contributed by atoms with E-state index in [0.717, 1.165) is 22.6 Å². The average Bonchev–Trinajstić information content (AvgIpc) is 3.14. The van der Waals surface area contributed by atoms with Gasteiger partial charge in [0.15, 0.2) is 17.1 Å². The summed E-state index contributed by atoms with van der Waals surface area (Å²) in [5, 5.41) is 12.3. The molecule has 1 aromatic heterocycles. The lowest BCUT2D eigenvalue weighted by atomic mass is 10.1. The lowest BCUT2D eigenvalue weighted by Crippen LogP contribution is -2.16. The van der Waals surface area contributed by atoms with Crippen molar-refractivity contribution in [2.45, 2.75) is 52.4 Å². The van der Waals surface area contributed by atoms with Crippen molar-refractivity contribution in [3.8, 4) is 5.75 Å². The van der Waals surface area contributed by atoms with Crippen molar-refractivity contribution in [3.05, 3.63) is 77.1 Å². The Labute approximate surface area is 194 Å². The van der Waals surface area contributed by atoms with E-state index < -0.39 is 0 Å². The molecular formula is C25H30N4O2S. The molecule has 0 radical (unpaired) electrons. The van der Waals surface area contributed by atoms with Crippen molar-refractivity contribution >= 4 is 23.4 Å². The van der Waals surface area contributed by atoms with E-state index in [1.165, 1.54) is 22.9 Å². The summed E-state index contributed by atoms with van der Waals surface area (Å²) in [6.07, 6.45) is 1.48. The van der Waals surface area contributed by atoms with E-state index in [4.69, 9.17) is 4.74 Å². The number of allylic oxidation sites excluding steroid dienone is 1. The largest absolute Gasteiger partial charge is 0.483 e. The fourth-order valence-electron chi connectivity index (χ4n) is 3.32. The third-order valence-electron chi connectivity index (χ3n) is 5.20. The van der Waals surface area contributed by atoms with E-state index >= 15 is 0 Å². The van der Waals surface area contributed by atoms with Gasteiger partial charge in [-0.05, 0) is 69.5 Å². The van der Waals surface area contributed by atoms with Gasteiger partial charge in [-0.1, -0.05) is 41.6 Å².